The lowest BCUT2D eigenvalue weighted by molar-refractivity contribution is 0.0696. The molecular formula is C14H23N3O4. The van der Waals surface area contributed by atoms with Crippen LogP contribution in [0.2, 0.25) is 0 Å². The molecule has 1 aromatic rings. The van der Waals surface area contributed by atoms with Gasteiger partial charge in [-0.05, 0) is 19.9 Å². The van der Waals surface area contributed by atoms with Crippen LogP contribution in [0.1, 0.15) is 24.2 Å². The molecule has 0 fully saturated rings. The maximum absolute atomic E-state index is 10.9. The number of ether oxygens (including phenoxy) is 2. The summed E-state index contributed by atoms with van der Waals surface area (Å²) in [5.74, 6) is -0.490. The Bertz CT molecular complexity index is 444. The van der Waals surface area contributed by atoms with Crippen LogP contribution >= 0.6 is 0 Å². The molecule has 118 valence electrons. The largest absolute Gasteiger partial charge is 0.478 e. The van der Waals surface area contributed by atoms with Gasteiger partial charge in [0, 0.05) is 32.5 Å². The summed E-state index contributed by atoms with van der Waals surface area (Å²) in [5, 5.41) is 8.94. The first-order chi connectivity index (χ1) is 10.1. The molecule has 0 aliphatic rings. The summed E-state index contributed by atoms with van der Waals surface area (Å²) in [4.78, 5) is 17.0. The van der Waals surface area contributed by atoms with Gasteiger partial charge < -0.3 is 25.2 Å². The van der Waals surface area contributed by atoms with Crippen LogP contribution in [-0.2, 0) is 9.47 Å². The van der Waals surface area contributed by atoms with Crippen LogP contribution < -0.4 is 10.6 Å². The van der Waals surface area contributed by atoms with Crippen molar-refractivity contribution in [1.29, 1.82) is 0 Å². The number of pyridine rings is 1. The van der Waals surface area contributed by atoms with E-state index in [1.54, 1.807) is 0 Å². The second-order valence-corrected chi connectivity index (χ2v) is 4.32. The number of carbonyl (C=O) groups is 1. The number of nitrogen functional groups attached to an aromatic ring is 1. The Morgan fingerprint density at radius 2 is 1.86 bits per heavy atom. The van der Waals surface area contributed by atoms with Crippen LogP contribution in [0.25, 0.3) is 0 Å². The number of hydrogen-bond donors (Lipinski definition) is 2. The smallest absolute Gasteiger partial charge is 0.337 e. The van der Waals surface area contributed by atoms with Crippen LogP contribution in [0, 0.1) is 0 Å². The minimum atomic E-state index is -1.05. The average Bonchev–Trinajstić information content (AvgIpc) is 2.46. The van der Waals surface area contributed by atoms with Gasteiger partial charge in [0.2, 0.25) is 0 Å². The number of rotatable bonds is 10. The van der Waals surface area contributed by atoms with E-state index in [1.807, 2.05) is 18.7 Å². The molecule has 0 spiro atoms. The first-order valence-electron chi connectivity index (χ1n) is 6.99. The molecule has 3 N–H and O–H groups in total. The fraction of sp³-hybridized carbons (Fsp3) is 0.571. The predicted octanol–water partition coefficient (Wildman–Crippen LogP) is 1.24. The molecule has 0 aromatic carbocycles. The Kier molecular flexibility index (Phi) is 7.49. The zero-order valence-corrected chi connectivity index (χ0v) is 12.5. The Balaban J connectivity index is 2.82. The third kappa shape index (κ3) is 5.57. The number of nitrogens with zero attached hydrogens (tertiary/aromatic N) is 2. The van der Waals surface area contributed by atoms with Gasteiger partial charge in [-0.3, -0.25) is 0 Å². The van der Waals surface area contributed by atoms with Crippen LogP contribution in [0.3, 0.4) is 0 Å². The van der Waals surface area contributed by atoms with Crippen molar-refractivity contribution in [2.45, 2.75) is 13.8 Å². The number of aromatic carboxylic acids is 1. The molecule has 7 nitrogen and oxygen atoms in total. The molecule has 0 bridgehead atoms. The fourth-order valence-corrected chi connectivity index (χ4v) is 1.82. The van der Waals surface area contributed by atoms with Gasteiger partial charge in [0.05, 0.1) is 24.5 Å². The van der Waals surface area contributed by atoms with Gasteiger partial charge in [-0.15, -0.1) is 0 Å². The molecule has 0 atom stereocenters. The van der Waals surface area contributed by atoms with Crippen molar-refractivity contribution in [2.24, 2.45) is 0 Å². The minimum Gasteiger partial charge on any atom is -0.478 e. The van der Waals surface area contributed by atoms with E-state index >= 15 is 0 Å². The Labute approximate surface area is 124 Å². The normalized spacial score (nSPS) is 10.6. The summed E-state index contributed by atoms with van der Waals surface area (Å²) in [7, 11) is 0. The van der Waals surface area contributed by atoms with Gasteiger partial charge >= 0.3 is 5.97 Å². The molecule has 1 heterocycles. The van der Waals surface area contributed by atoms with Gasteiger partial charge in [-0.2, -0.15) is 0 Å². The maximum atomic E-state index is 10.9. The van der Waals surface area contributed by atoms with Gasteiger partial charge in [-0.25, -0.2) is 9.78 Å². The molecular weight excluding hydrogens is 274 g/mol. The van der Waals surface area contributed by atoms with Crippen molar-refractivity contribution in [1.82, 2.24) is 4.98 Å². The van der Waals surface area contributed by atoms with Crippen LogP contribution in [-0.4, -0.2) is 55.6 Å². The molecule has 0 saturated carbocycles. The van der Waals surface area contributed by atoms with Gasteiger partial charge in [-0.1, -0.05) is 0 Å². The average molecular weight is 297 g/mol. The SMILES string of the molecule is CCOCCN(CCOCC)c1ncc(C(=O)O)cc1N. The molecule has 21 heavy (non-hydrogen) atoms. The highest BCUT2D eigenvalue weighted by Crippen LogP contribution is 2.21. The van der Waals surface area contributed by atoms with E-state index in [1.165, 1.54) is 12.3 Å². The van der Waals surface area contributed by atoms with Crippen LogP contribution in [0.5, 0.6) is 0 Å². The lowest BCUT2D eigenvalue weighted by atomic mass is 10.2. The highest BCUT2D eigenvalue weighted by atomic mass is 16.5. The van der Waals surface area contributed by atoms with Crippen LogP contribution in [0.4, 0.5) is 11.5 Å². The van der Waals surface area contributed by atoms with E-state index in [-0.39, 0.29) is 5.56 Å². The molecule has 0 aliphatic carbocycles. The predicted molar refractivity (Wildman–Crippen MR) is 80.8 cm³/mol. The Morgan fingerprint density at radius 1 is 1.29 bits per heavy atom. The van der Waals surface area contributed by atoms with Crippen molar-refractivity contribution in [3.63, 3.8) is 0 Å². The van der Waals surface area contributed by atoms with E-state index < -0.39 is 5.97 Å². The maximum Gasteiger partial charge on any atom is 0.337 e. The number of nitrogens with two attached hydrogens (primary N) is 1. The first-order valence-corrected chi connectivity index (χ1v) is 6.99. The Morgan fingerprint density at radius 3 is 2.29 bits per heavy atom. The van der Waals surface area contributed by atoms with E-state index in [2.05, 4.69) is 4.98 Å². The van der Waals surface area contributed by atoms with Crippen molar-refractivity contribution < 1.29 is 19.4 Å². The molecule has 0 unspecified atom stereocenters. The highest BCUT2D eigenvalue weighted by Gasteiger charge is 2.14. The number of carboxylic acid groups (broad SMARTS) is 1. The van der Waals surface area contributed by atoms with E-state index in [4.69, 9.17) is 20.3 Å². The van der Waals surface area contributed by atoms with Crippen molar-refractivity contribution in [3.05, 3.63) is 17.8 Å². The lowest BCUT2D eigenvalue weighted by Crippen LogP contribution is -2.32. The standard InChI is InChI=1S/C14H23N3O4/c1-3-20-7-5-17(6-8-21-4-2)13-12(15)9-11(10-16-13)14(18)19/h9-10H,3-8,15H2,1-2H3,(H,18,19). The summed E-state index contributed by atoms with van der Waals surface area (Å²) < 4.78 is 10.7. The third-order valence-electron chi connectivity index (χ3n) is 2.86. The zero-order chi connectivity index (χ0) is 15.7. The van der Waals surface area contributed by atoms with Crippen molar-refractivity contribution in [2.75, 3.05) is 50.2 Å². The topological polar surface area (TPSA) is 97.9 Å². The Hall–Kier alpha value is -1.86. The van der Waals surface area contributed by atoms with Gasteiger partial charge in [0.1, 0.15) is 0 Å². The van der Waals surface area contributed by atoms with E-state index in [9.17, 15) is 4.79 Å². The van der Waals surface area contributed by atoms with E-state index in [0.717, 1.165) is 0 Å². The number of anilines is 2. The van der Waals surface area contributed by atoms with Gasteiger partial charge in [0.15, 0.2) is 5.82 Å². The minimum absolute atomic E-state index is 0.0748. The second-order valence-electron chi connectivity index (χ2n) is 4.32. The summed E-state index contributed by atoms with van der Waals surface area (Å²) in [6, 6.07) is 1.42. The number of aromatic nitrogens is 1. The summed E-state index contributed by atoms with van der Waals surface area (Å²) >= 11 is 0. The summed E-state index contributed by atoms with van der Waals surface area (Å²) in [6.45, 7) is 7.46. The first kappa shape index (κ1) is 17.2. The molecule has 7 heteroatoms. The van der Waals surface area contributed by atoms with E-state index in [0.29, 0.717) is 51.0 Å². The summed E-state index contributed by atoms with van der Waals surface area (Å²) in [6.07, 6.45) is 1.31. The molecule has 0 radical (unpaired) electrons. The van der Waals surface area contributed by atoms with Crippen molar-refractivity contribution >= 4 is 17.5 Å². The molecule has 0 saturated heterocycles. The molecule has 1 rings (SSSR count). The number of carboxylic acids is 1. The lowest BCUT2D eigenvalue weighted by Gasteiger charge is -2.24. The molecule has 0 amide bonds. The second kappa shape index (κ2) is 9.15. The fourth-order valence-electron chi connectivity index (χ4n) is 1.82. The molecule has 0 aliphatic heterocycles. The monoisotopic (exact) mass is 297 g/mol. The number of hydrogen-bond acceptors (Lipinski definition) is 6. The third-order valence-corrected chi connectivity index (χ3v) is 2.86. The van der Waals surface area contributed by atoms with Crippen LogP contribution in [0.15, 0.2) is 12.3 Å². The highest BCUT2D eigenvalue weighted by molar-refractivity contribution is 5.89. The van der Waals surface area contributed by atoms with Crippen molar-refractivity contribution in [3.8, 4) is 0 Å². The molecule has 1 aromatic heterocycles. The van der Waals surface area contributed by atoms with Gasteiger partial charge in [0.25, 0.3) is 0 Å². The zero-order valence-electron chi connectivity index (χ0n) is 12.5. The quantitative estimate of drug-likeness (QED) is 0.627. The summed E-state index contributed by atoms with van der Waals surface area (Å²) in [5.41, 5.74) is 6.33.